The van der Waals surface area contributed by atoms with Crippen LogP contribution in [0.5, 0.6) is 0 Å². The lowest BCUT2D eigenvalue weighted by Crippen LogP contribution is -2.38. The topological polar surface area (TPSA) is 72.5 Å². The Bertz CT molecular complexity index is 296. The lowest BCUT2D eigenvalue weighted by atomic mass is 10.4. The number of carbonyl (C=O) groups excluding carboxylic acids is 1. The second kappa shape index (κ2) is 5.77. The number of ether oxygens (including phenoxy) is 1. The monoisotopic (exact) mass is 221 g/mol. The third kappa shape index (κ3) is 3.89. The van der Waals surface area contributed by atoms with Crippen LogP contribution >= 0.6 is 0 Å². The fraction of sp³-hybridized carbons (Fsp3) is 0.625. The first-order valence-electron chi connectivity index (χ1n) is 4.13. The highest BCUT2D eigenvalue weighted by atomic mass is 32.2. The van der Waals surface area contributed by atoms with Crippen LogP contribution in [0.1, 0.15) is 13.3 Å². The van der Waals surface area contributed by atoms with E-state index in [-0.39, 0.29) is 6.54 Å². The Kier molecular flexibility index (Phi) is 5.40. The first-order valence-corrected chi connectivity index (χ1v) is 5.67. The van der Waals surface area contributed by atoms with Crippen LogP contribution < -0.4 is 4.72 Å². The Labute approximate surface area is 84.2 Å². The number of hydrogen-bond donors (Lipinski definition) is 1. The molecule has 6 heteroatoms. The number of rotatable bonds is 6. The standard InChI is InChI=1S/C8H15NO4S/c1-4-5-6-9-14(11,12)7(2)8(10)13-3/h4,7,9H,1,5-6H2,2-3H3. The van der Waals surface area contributed by atoms with Crippen molar-refractivity contribution in [3.05, 3.63) is 12.7 Å². The predicted octanol–water partition coefficient (Wildman–Crippen LogP) is 0.0434. The number of nitrogens with one attached hydrogen (secondary N) is 1. The second-order valence-electron chi connectivity index (χ2n) is 2.68. The molecule has 0 saturated carbocycles. The summed E-state index contributed by atoms with van der Waals surface area (Å²) in [4.78, 5) is 10.9. The maximum Gasteiger partial charge on any atom is 0.325 e. The smallest absolute Gasteiger partial charge is 0.325 e. The van der Waals surface area contributed by atoms with Crippen LogP contribution in [0.25, 0.3) is 0 Å². The largest absolute Gasteiger partial charge is 0.468 e. The molecule has 14 heavy (non-hydrogen) atoms. The maximum absolute atomic E-state index is 11.4. The van der Waals surface area contributed by atoms with Crippen molar-refractivity contribution in [2.45, 2.75) is 18.6 Å². The molecule has 0 rings (SSSR count). The molecule has 0 aliphatic rings. The average Bonchev–Trinajstić information content (AvgIpc) is 2.15. The number of hydrogen-bond acceptors (Lipinski definition) is 4. The Morgan fingerprint density at radius 1 is 1.64 bits per heavy atom. The molecule has 0 aromatic rings. The SMILES string of the molecule is C=CCCNS(=O)(=O)C(C)C(=O)OC. The zero-order chi connectivity index (χ0) is 11.2. The summed E-state index contributed by atoms with van der Waals surface area (Å²) >= 11 is 0. The lowest BCUT2D eigenvalue weighted by Gasteiger charge is -2.10. The minimum atomic E-state index is -3.62. The molecule has 5 nitrogen and oxygen atoms in total. The van der Waals surface area contributed by atoms with Gasteiger partial charge in [-0.3, -0.25) is 4.79 Å². The van der Waals surface area contributed by atoms with Gasteiger partial charge in [0.2, 0.25) is 10.0 Å². The number of carbonyl (C=O) groups is 1. The van der Waals surface area contributed by atoms with Crippen molar-refractivity contribution in [2.24, 2.45) is 0 Å². The zero-order valence-electron chi connectivity index (χ0n) is 8.32. The van der Waals surface area contributed by atoms with E-state index in [1.54, 1.807) is 6.08 Å². The van der Waals surface area contributed by atoms with Crippen molar-refractivity contribution in [2.75, 3.05) is 13.7 Å². The molecule has 1 atom stereocenters. The van der Waals surface area contributed by atoms with E-state index in [0.717, 1.165) is 7.11 Å². The van der Waals surface area contributed by atoms with Crippen LogP contribution in [-0.2, 0) is 19.6 Å². The fourth-order valence-electron chi connectivity index (χ4n) is 0.721. The molecule has 82 valence electrons. The van der Waals surface area contributed by atoms with E-state index in [1.165, 1.54) is 6.92 Å². The molecule has 1 unspecified atom stereocenters. The molecule has 0 aliphatic heterocycles. The normalized spacial score (nSPS) is 13.3. The third-order valence-corrected chi connectivity index (χ3v) is 3.38. The van der Waals surface area contributed by atoms with Crippen molar-refractivity contribution in [1.82, 2.24) is 4.72 Å². The molecule has 0 aliphatic carbocycles. The van der Waals surface area contributed by atoms with Crippen molar-refractivity contribution in [3.8, 4) is 0 Å². The lowest BCUT2D eigenvalue weighted by molar-refractivity contribution is -0.139. The summed E-state index contributed by atoms with van der Waals surface area (Å²) in [5.41, 5.74) is 0. The van der Waals surface area contributed by atoms with E-state index < -0.39 is 21.2 Å². The Morgan fingerprint density at radius 2 is 2.21 bits per heavy atom. The highest BCUT2D eigenvalue weighted by Gasteiger charge is 2.27. The number of methoxy groups -OCH3 is 1. The van der Waals surface area contributed by atoms with E-state index in [9.17, 15) is 13.2 Å². The predicted molar refractivity (Wildman–Crippen MR) is 53.2 cm³/mol. The van der Waals surface area contributed by atoms with Gasteiger partial charge in [-0.25, -0.2) is 13.1 Å². The molecule has 0 spiro atoms. The van der Waals surface area contributed by atoms with Crippen LogP contribution in [0.4, 0.5) is 0 Å². The molecule has 0 amide bonds. The summed E-state index contributed by atoms with van der Waals surface area (Å²) < 4.78 is 29.3. The minimum absolute atomic E-state index is 0.243. The Hall–Kier alpha value is -0.880. The van der Waals surface area contributed by atoms with Gasteiger partial charge < -0.3 is 4.74 Å². The molecule has 0 radical (unpaired) electrons. The van der Waals surface area contributed by atoms with E-state index in [4.69, 9.17) is 0 Å². The van der Waals surface area contributed by atoms with Gasteiger partial charge in [0.25, 0.3) is 0 Å². The van der Waals surface area contributed by atoms with Crippen LogP contribution in [0, 0.1) is 0 Å². The van der Waals surface area contributed by atoms with E-state index >= 15 is 0 Å². The van der Waals surface area contributed by atoms with Gasteiger partial charge >= 0.3 is 5.97 Å². The molecule has 0 aromatic heterocycles. The van der Waals surface area contributed by atoms with Crippen molar-refractivity contribution in [3.63, 3.8) is 0 Å². The van der Waals surface area contributed by atoms with Crippen LogP contribution in [-0.4, -0.2) is 33.3 Å². The molecular formula is C8H15NO4S. The van der Waals surface area contributed by atoms with Crippen molar-refractivity contribution in [1.29, 1.82) is 0 Å². The van der Waals surface area contributed by atoms with E-state index in [1.807, 2.05) is 0 Å². The van der Waals surface area contributed by atoms with Gasteiger partial charge in [-0.1, -0.05) is 6.08 Å². The Balaban J connectivity index is 4.31. The number of sulfonamides is 1. The third-order valence-electron chi connectivity index (χ3n) is 1.65. The van der Waals surface area contributed by atoms with Crippen LogP contribution in [0.3, 0.4) is 0 Å². The maximum atomic E-state index is 11.4. The summed E-state index contributed by atoms with van der Waals surface area (Å²) in [6.07, 6.45) is 2.11. The quantitative estimate of drug-likeness (QED) is 0.390. The molecule has 0 saturated heterocycles. The highest BCUT2D eigenvalue weighted by Crippen LogP contribution is 2.00. The van der Waals surface area contributed by atoms with E-state index in [0.29, 0.717) is 6.42 Å². The summed E-state index contributed by atoms with van der Waals surface area (Å²) in [6, 6.07) is 0. The average molecular weight is 221 g/mol. The number of esters is 1. The Morgan fingerprint density at radius 3 is 2.64 bits per heavy atom. The molecule has 0 heterocycles. The highest BCUT2D eigenvalue weighted by molar-refractivity contribution is 7.90. The minimum Gasteiger partial charge on any atom is -0.468 e. The molecule has 1 N–H and O–H groups in total. The molecule has 0 bridgehead atoms. The van der Waals surface area contributed by atoms with Crippen molar-refractivity contribution < 1.29 is 17.9 Å². The van der Waals surface area contributed by atoms with Crippen LogP contribution in [0.15, 0.2) is 12.7 Å². The van der Waals surface area contributed by atoms with Gasteiger partial charge in [-0.05, 0) is 13.3 Å². The van der Waals surface area contributed by atoms with Gasteiger partial charge in [-0.15, -0.1) is 6.58 Å². The second-order valence-corrected chi connectivity index (χ2v) is 4.77. The van der Waals surface area contributed by atoms with Crippen LogP contribution in [0.2, 0.25) is 0 Å². The van der Waals surface area contributed by atoms with Gasteiger partial charge in [0, 0.05) is 6.54 Å². The fourth-order valence-corrected chi connectivity index (χ4v) is 1.72. The summed E-state index contributed by atoms with van der Waals surface area (Å²) in [5, 5.41) is -1.18. The summed E-state index contributed by atoms with van der Waals surface area (Å²) in [5.74, 6) is -0.767. The van der Waals surface area contributed by atoms with Gasteiger partial charge in [0.1, 0.15) is 0 Å². The first-order chi connectivity index (χ1) is 6.45. The first kappa shape index (κ1) is 13.1. The molecular weight excluding hydrogens is 206 g/mol. The van der Waals surface area contributed by atoms with E-state index in [2.05, 4.69) is 16.0 Å². The zero-order valence-corrected chi connectivity index (χ0v) is 9.13. The van der Waals surface area contributed by atoms with Gasteiger partial charge in [-0.2, -0.15) is 0 Å². The van der Waals surface area contributed by atoms with Crippen molar-refractivity contribution >= 4 is 16.0 Å². The van der Waals surface area contributed by atoms with Gasteiger partial charge in [0.05, 0.1) is 7.11 Å². The molecule has 0 aromatic carbocycles. The summed E-state index contributed by atoms with van der Waals surface area (Å²) in [7, 11) is -2.47. The summed E-state index contributed by atoms with van der Waals surface area (Å²) in [6.45, 7) is 4.97. The van der Waals surface area contributed by atoms with Gasteiger partial charge in [0.15, 0.2) is 5.25 Å². The molecule has 0 fully saturated rings.